The summed E-state index contributed by atoms with van der Waals surface area (Å²) in [6.07, 6.45) is -1.33. The third kappa shape index (κ3) is 5.30. The van der Waals surface area contributed by atoms with E-state index in [0.29, 0.717) is 11.1 Å². The van der Waals surface area contributed by atoms with E-state index in [1.165, 1.54) is 10.9 Å². The lowest BCUT2D eigenvalue weighted by molar-refractivity contribution is -0.196. The van der Waals surface area contributed by atoms with E-state index in [1.54, 1.807) is 45.0 Å². The van der Waals surface area contributed by atoms with Gasteiger partial charge in [0.1, 0.15) is 11.6 Å². The van der Waals surface area contributed by atoms with Crippen LogP contribution in [-0.2, 0) is 35.0 Å². The highest BCUT2D eigenvalue weighted by atomic mass is 35.5. The van der Waals surface area contributed by atoms with Crippen LogP contribution in [0, 0.1) is 5.92 Å². The largest absolute Gasteiger partial charge is 0.463 e. The average Bonchev–Trinajstić information content (AvgIpc) is 3.43. The molecule has 0 radical (unpaired) electrons. The van der Waals surface area contributed by atoms with E-state index in [-0.39, 0.29) is 43.0 Å². The van der Waals surface area contributed by atoms with Crippen LogP contribution >= 0.6 is 11.6 Å². The van der Waals surface area contributed by atoms with Gasteiger partial charge < -0.3 is 29.8 Å². The van der Waals surface area contributed by atoms with Crippen LogP contribution in [0.2, 0.25) is 5.28 Å². The molecule has 0 aliphatic carbocycles. The number of esters is 2. The molecule has 0 unspecified atom stereocenters. The minimum absolute atomic E-state index is 0.0382. The molecule has 0 saturated carbocycles. The Bertz CT molecular complexity index is 1270. The van der Waals surface area contributed by atoms with E-state index in [9.17, 15) is 14.7 Å². The lowest BCUT2D eigenvalue weighted by Crippen LogP contribution is -2.54. The van der Waals surface area contributed by atoms with Crippen LogP contribution < -0.4 is 5.73 Å². The summed E-state index contributed by atoms with van der Waals surface area (Å²) in [6, 6.07) is 8.94. The number of rotatable bonds is 10. The van der Waals surface area contributed by atoms with Crippen LogP contribution in [0.1, 0.15) is 32.6 Å². The Morgan fingerprint density at radius 2 is 1.82 bits per heavy atom. The van der Waals surface area contributed by atoms with Gasteiger partial charge >= 0.3 is 11.9 Å². The lowest BCUT2D eigenvalue weighted by Gasteiger charge is -2.31. The number of aliphatic hydroxyl groups is 1. The van der Waals surface area contributed by atoms with E-state index >= 15 is 0 Å². The molecule has 3 N–H and O–H groups in total. The average molecular weight is 548 g/mol. The Balaban J connectivity index is 1.62. The molecule has 0 amide bonds. The third-order valence-electron chi connectivity index (χ3n) is 6.43. The van der Waals surface area contributed by atoms with Gasteiger partial charge in [0.15, 0.2) is 17.7 Å². The number of ether oxygens (including phenoxy) is 4. The number of fused-ring (bicyclic) bond motifs is 1. The van der Waals surface area contributed by atoms with Crippen molar-refractivity contribution < 1.29 is 33.6 Å². The molecular formula is C25H30ClN5O7. The summed E-state index contributed by atoms with van der Waals surface area (Å²) >= 11 is 5.98. The number of aliphatic hydroxyl groups excluding tert-OH is 1. The van der Waals surface area contributed by atoms with E-state index in [0.717, 1.165) is 0 Å². The number of nitrogens with zero attached hydrogens (tertiary/aromatic N) is 4. The lowest BCUT2D eigenvalue weighted by atomic mass is 9.93. The van der Waals surface area contributed by atoms with E-state index in [1.807, 2.05) is 6.07 Å². The van der Waals surface area contributed by atoms with Gasteiger partial charge in [-0.05, 0) is 31.0 Å². The van der Waals surface area contributed by atoms with Gasteiger partial charge in [-0.15, -0.1) is 0 Å². The number of nitrogen functional groups attached to an aromatic ring is 1. The second-order valence-electron chi connectivity index (χ2n) is 8.86. The predicted octanol–water partition coefficient (Wildman–Crippen LogP) is 2.08. The molecule has 2 aromatic heterocycles. The van der Waals surface area contributed by atoms with E-state index < -0.39 is 41.9 Å². The number of hydrogen-bond acceptors (Lipinski definition) is 11. The van der Waals surface area contributed by atoms with Crippen LogP contribution in [0.15, 0.2) is 36.7 Å². The molecule has 1 aliphatic heterocycles. The van der Waals surface area contributed by atoms with Gasteiger partial charge in [-0.3, -0.25) is 4.57 Å². The highest BCUT2D eigenvalue weighted by molar-refractivity contribution is 6.28. The number of benzene rings is 1. The monoisotopic (exact) mass is 547 g/mol. The van der Waals surface area contributed by atoms with Crippen molar-refractivity contribution in [1.82, 2.24) is 19.5 Å². The summed E-state index contributed by atoms with van der Waals surface area (Å²) in [5, 5.41) is 11.0. The topological polar surface area (TPSA) is 161 Å². The molecule has 0 spiro atoms. The standard InChI is InChI=1S/C25H30ClN5O7/c1-4-35-22(33)25(23(34)36-5-2,11-15-9-7-6-8-10-15)37-12-16-14(3)18(32)21(38-16)31-13-28-17-19(27)29-24(26)30-20(17)31/h6-10,13-14,16,18,21,32H,4-5,11-12H2,1-3H3,(H2,27,29,30)/t14-,16-,18-,21-/m1/s1. The van der Waals surface area contributed by atoms with Gasteiger partial charge in [-0.2, -0.15) is 9.97 Å². The number of aromatic nitrogens is 4. The highest BCUT2D eigenvalue weighted by Gasteiger charge is 2.52. The maximum atomic E-state index is 13.2. The minimum atomic E-state index is -2.07. The van der Waals surface area contributed by atoms with Gasteiger partial charge in [0.25, 0.3) is 5.60 Å². The van der Waals surface area contributed by atoms with E-state index in [2.05, 4.69) is 15.0 Å². The first-order valence-corrected chi connectivity index (χ1v) is 12.6. The second kappa shape index (κ2) is 11.6. The maximum Gasteiger partial charge on any atom is 0.350 e. The smallest absolute Gasteiger partial charge is 0.350 e. The van der Waals surface area contributed by atoms with Gasteiger partial charge in [-0.25, -0.2) is 14.6 Å². The second-order valence-corrected chi connectivity index (χ2v) is 9.20. The molecule has 13 heteroatoms. The number of halogens is 1. The summed E-state index contributed by atoms with van der Waals surface area (Å²) in [7, 11) is 0. The summed E-state index contributed by atoms with van der Waals surface area (Å²) in [4.78, 5) is 38.7. The zero-order chi connectivity index (χ0) is 27.4. The molecule has 1 fully saturated rings. The molecule has 3 heterocycles. The number of carbonyl (C=O) groups excluding carboxylic acids is 2. The van der Waals surface area contributed by atoms with Crippen LogP contribution in [-0.4, -0.2) is 74.2 Å². The summed E-state index contributed by atoms with van der Waals surface area (Å²) in [5.41, 5.74) is 5.10. The first-order valence-electron chi connectivity index (χ1n) is 12.2. The number of nitrogens with two attached hydrogens (primary N) is 1. The van der Waals surface area contributed by atoms with Crippen LogP contribution in [0.5, 0.6) is 0 Å². The zero-order valence-corrected chi connectivity index (χ0v) is 22.0. The zero-order valence-electron chi connectivity index (χ0n) is 21.2. The van der Waals surface area contributed by atoms with Crippen molar-refractivity contribution in [2.24, 2.45) is 5.92 Å². The van der Waals surface area contributed by atoms with Crippen molar-refractivity contribution in [1.29, 1.82) is 0 Å². The van der Waals surface area contributed by atoms with Crippen LogP contribution in [0.25, 0.3) is 11.2 Å². The van der Waals surface area contributed by atoms with E-state index in [4.69, 9.17) is 36.3 Å². The molecule has 3 aromatic rings. The molecule has 12 nitrogen and oxygen atoms in total. The molecule has 1 aliphatic rings. The summed E-state index contributed by atoms with van der Waals surface area (Å²) < 4.78 is 24.2. The summed E-state index contributed by atoms with van der Waals surface area (Å²) in [5.74, 6) is -2.11. The molecular weight excluding hydrogens is 518 g/mol. The molecule has 1 saturated heterocycles. The quantitative estimate of drug-likeness (QED) is 0.217. The van der Waals surface area contributed by atoms with Crippen LogP contribution in [0.3, 0.4) is 0 Å². The van der Waals surface area contributed by atoms with Crippen molar-refractivity contribution in [2.45, 2.75) is 51.2 Å². The van der Waals surface area contributed by atoms with Gasteiger partial charge in [0, 0.05) is 12.3 Å². The molecule has 0 bridgehead atoms. The highest BCUT2D eigenvalue weighted by Crippen LogP contribution is 2.37. The number of carbonyl (C=O) groups is 2. The number of anilines is 1. The minimum Gasteiger partial charge on any atom is -0.463 e. The Morgan fingerprint density at radius 1 is 1.16 bits per heavy atom. The first kappa shape index (κ1) is 27.7. The van der Waals surface area contributed by atoms with Crippen molar-refractivity contribution in [2.75, 3.05) is 25.6 Å². The summed E-state index contributed by atoms with van der Waals surface area (Å²) in [6.45, 7) is 4.90. The van der Waals surface area contributed by atoms with Crippen molar-refractivity contribution in [3.8, 4) is 0 Å². The Morgan fingerprint density at radius 3 is 2.45 bits per heavy atom. The van der Waals surface area contributed by atoms with Crippen molar-refractivity contribution in [3.63, 3.8) is 0 Å². The van der Waals surface area contributed by atoms with Gasteiger partial charge in [-0.1, -0.05) is 37.3 Å². The maximum absolute atomic E-state index is 13.2. The predicted molar refractivity (Wildman–Crippen MR) is 136 cm³/mol. The Kier molecular flexibility index (Phi) is 8.46. The third-order valence-corrected chi connectivity index (χ3v) is 6.60. The molecule has 38 heavy (non-hydrogen) atoms. The fourth-order valence-corrected chi connectivity index (χ4v) is 4.55. The molecule has 1 aromatic carbocycles. The molecule has 4 rings (SSSR count). The fourth-order valence-electron chi connectivity index (χ4n) is 4.38. The van der Waals surface area contributed by atoms with Crippen LogP contribution in [0.4, 0.5) is 5.82 Å². The van der Waals surface area contributed by atoms with Gasteiger partial charge in [0.05, 0.1) is 32.3 Å². The Hall–Kier alpha value is -3.32. The van der Waals surface area contributed by atoms with Crippen molar-refractivity contribution in [3.05, 3.63) is 47.5 Å². The SMILES string of the molecule is CCOC(=O)C(Cc1ccccc1)(OC[C@H]1O[C@@H](n2cnc3c(N)nc(Cl)nc32)[C@H](O)[C@@H]1C)C(=O)OCC. The Labute approximate surface area is 224 Å². The normalized spacial score (nSPS) is 21.5. The molecule has 4 atom stereocenters. The van der Waals surface area contributed by atoms with Crippen molar-refractivity contribution >= 4 is 40.5 Å². The fraction of sp³-hybridized carbons (Fsp3) is 0.480. The van der Waals surface area contributed by atoms with Gasteiger partial charge in [0.2, 0.25) is 5.28 Å². The number of hydrogen-bond donors (Lipinski definition) is 2. The first-order chi connectivity index (χ1) is 18.2. The molecule has 204 valence electrons. The number of imidazole rings is 1.